The van der Waals surface area contributed by atoms with Crippen molar-refractivity contribution in [3.05, 3.63) is 29.6 Å². The van der Waals surface area contributed by atoms with Crippen LogP contribution >= 0.6 is 0 Å². The highest BCUT2D eigenvalue weighted by molar-refractivity contribution is 5.93. The normalized spacial score (nSPS) is 15.9. The average Bonchev–Trinajstić information content (AvgIpc) is 2.08. The number of anilines is 1. The first-order chi connectivity index (χ1) is 7.16. The molecule has 0 aromatic heterocycles. The molecule has 0 heterocycles. The predicted molar refractivity (Wildman–Crippen MR) is 57.1 cm³/mol. The van der Waals surface area contributed by atoms with Crippen LogP contribution in [0.2, 0.25) is 0 Å². The number of nitrogens with one attached hydrogen (secondary N) is 1. The van der Waals surface area contributed by atoms with E-state index in [1.807, 2.05) is 0 Å². The highest BCUT2D eigenvalue weighted by atomic mass is 19.1. The van der Waals surface area contributed by atoms with Gasteiger partial charge in [0.25, 0.3) is 0 Å². The van der Waals surface area contributed by atoms with E-state index in [0.29, 0.717) is 11.3 Å². The summed E-state index contributed by atoms with van der Waals surface area (Å²) in [5.41, 5.74) is 1.24. The molecule has 1 amide bonds. The molecule has 2 nitrogen and oxygen atoms in total. The number of hydrogen-bond donors (Lipinski definition) is 1. The van der Waals surface area contributed by atoms with Gasteiger partial charge in [0.05, 0.1) is 0 Å². The van der Waals surface area contributed by atoms with E-state index in [1.165, 1.54) is 6.07 Å². The van der Waals surface area contributed by atoms with Gasteiger partial charge in [-0.05, 0) is 43.5 Å². The van der Waals surface area contributed by atoms with Crippen LogP contribution in [0, 0.1) is 18.7 Å². The monoisotopic (exact) mass is 207 g/mol. The van der Waals surface area contributed by atoms with Crippen molar-refractivity contribution in [3.63, 3.8) is 0 Å². The van der Waals surface area contributed by atoms with Crippen molar-refractivity contribution >= 4 is 11.6 Å². The van der Waals surface area contributed by atoms with Crippen molar-refractivity contribution < 1.29 is 9.18 Å². The Hall–Kier alpha value is -1.38. The van der Waals surface area contributed by atoms with Crippen LogP contribution in [0.1, 0.15) is 24.8 Å². The second kappa shape index (κ2) is 4.01. The summed E-state index contributed by atoms with van der Waals surface area (Å²) in [6.07, 6.45) is 3.10. The van der Waals surface area contributed by atoms with Crippen molar-refractivity contribution in [3.8, 4) is 0 Å². The number of benzene rings is 1. The molecule has 2 rings (SSSR count). The Morgan fingerprint density at radius 3 is 2.73 bits per heavy atom. The summed E-state index contributed by atoms with van der Waals surface area (Å²) in [6.45, 7) is 1.69. The molecule has 1 aliphatic rings. The molecule has 0 radical (unpaired) electrons. The van der Waals surface area contributed by atoms with Crippen LogP contribution in [0.15, 0.2) is 18.2 Å². The summed E-state index contributed by atoms with van der Waals surface area (Å²) in [4.78, 5) is 11.6. The third-order valence-corrected chi connectivity index (χ3v) is 2.90. The van der Waals surface area contributed by atoms with Gasteiger partial charge >= 0.3 is 0 Å². The fourth-order valence-electron chi connectivity index (χ4n) is 1.64. The highest BCUT2D eigenvalue weighted by Crippen LogP contribution is 2.27. The zero-order valence-corrected chi connectivity index (χ0v) is 8.72. The molecule has 0 bridgehead atoms. The summed E-state index contributed by atoms with van der Waals surface area (Å²) in [5.74, 6) is -0.0146. The van der Waals surface area contributed by atoms with Crippen LogP contribution in [-0.2, 0) is 4.79 Å². The largest absolute Gasteiger partial charge is 0.326 e. The van der Waals surface area contributed by atoms with Gasteiger partial charge in [0, 0.05) is 11.6 Å². The first-order valence-electron chi connectivity index (χ1n) is 5.24. The van der Waals surface area contributed by atoms with Crippen molar-refractivity contribution in [1.82, 2.24) is 0 Å². The van der Waals surface area contributed by atoms with Crippen LogP contribution in [0.25, 0.3) is 0 Å². The Kier molecular flexibility index (Phi) is 2.71. The minimum absolute atomic E-state index is 0.0623. The topological polar surface area (TPSA) is 29.1 Å². The number of halogens is 1. The number of carbonyl (C=O) groups is 1. The standard InChI is InChI=1S/C12H14FNO/c1-8-7-10(5-6-11(8)13)14-12(15)9-3-2-4-9/h5-7,9H,2-4H2,1H3,(H,14,15). The molecule has 0 unspecified atom stereocenters. The predicted octanol–water partition coefficient (Wildman–Crippen LogP) is 2.87. The zero-order chi connectivity index (χ0) is 10.8. The average molecular weight is 207 g/mol. The van der Waals surface area contributed by atoms with E-state index < -0.39 is 0 Å². The number of carbonyl (C=O) groups excluding carboxylic acids is 1. The Labute approximate surface area is 88.5 Å². The molecule has 0 aliphatic heterocycles. The minimum Gasteiger partial charge on any atom is -0.326 e. The summed E-state index contributed by atoms with van der Waals surface area (Å²) < 4.78 is 13.0. The van der Waals surface area contributed by atoms with E-state index in [-0.39, 0.29) is 17.6 Å². The first kappa shape index (κ1) is 10.1. The molecule has 15 heavy (non-hydrogen) atoms. The first-order valence-corrected chi connectivity index (χ1v) is 5.24. The van der Waals surface area contributed by atoms with Gasteiger partial charge in [-0.15, -0.1) is 0 Å². The molecular formula is C12H14FNO. The van der Waals surface area contributed by atoms with Crippen LogP contribution in [0.4, 0.5) is 10.1 Å². The molecular weight excluding hydrogens is 193 g/mol. The maximum absolute atomic E-state index is 13.0. The van der Waals surface area contributed by atoms with Crippen molar-refractivity contribution in [2.45, 2.75) is 26.2 Å². The summed E-state index contributed by atoms with van der Waals surface area (Å²) in [5, 5.41) is 2.81. The van der Waals surface area contributed by atoms with Crippen LogP contribution in [0.3, 0.4) is 0 Å². The van der Waals surface area contributed by atoms with Gasteiger partial charge in [0.2, 0.25) is 5.91 Å². The van der Waals surface area contributed by atoms with Crippen molar-refractivity contribution in [2.24, 2.45) is 5.92 Å². The molecule has 0 atom stereocenters. The molecule has 80 valence electrons. The van der Waals surface area contributed by atoms with Crippen LogP contribution in [-0.4, -0.2) is 5.91 Å². The van der Waals surface area contributed by atoms with E-state index in [4.69, 9.17) is 0 Å². The molecule has 1 fully saturated rings. The lowest BCUT2D eigenvalue weighted by atomic mass is 9.85. The lowest BCUT2D eigenvalue weighted by Gasteiger charge is -2.24. The smallest absolute Gasteiger partial charge is 0.227 e. The van der Waals surface area contributed by atoms with Gasteiger partial charge in [-0.2, -0.15) is 0 Å². The van der Waals surface area contributed by atoms with Gasteiger partial charge in [-0.1, -0.05) is 6.42 Å². The maximum atomic E-state index is 13.0. The Morgan fingerprint density at radius 1 is 1.47 bits per heavy atom. The summed E-state index contributed by atoms with van der Waals surface area (Å²) in [7, 11) is 0. The van der Waals surface area contributed by atoms with Crippen molar-refractivity contribution in [1.29, 1.82) is 0 Å². The van der Waals surface area contributed by atoms with Gasteiger partial charge in [0.1, 0.15) is 5.82 Å². The lowest BCUT2D eigenvalue weighted by molar-refractivity contribution is -0.122. The molecule has 1 aromatic carbocycles. The van der Waals surface area contributed by atoms with E-state index in [9.17, 15) is 9.18 Å². The molecule has 1 aromatic rings. The van der Waals surface area contributed by atoms with Crippen LogP contribution < -0.4 is 5.32 Å². The van der Waals surface area contributed by atoms with E-state index in [0.717, 1.165) is 19.3 Å². The SMILES string of the molecule is Cc1cc(NC(=O)C2CCC2)ccc1F. The van der Waals surface area contributed by atoms with Gasteiger partial charge in [0.15, 0.2) is 0 Å². The Morgan fingerprint density at radius 2 is 2.20 bits per heavy atom. The summed E-state index contributed by atoms with van der Waals surface area (Å²) >= 11 is 0. The number of aryl methyl sites for hydroxylation is 1. The molecule has 0 spiro atoms. The third-order valence-electron chi connectivity index (χ3n) is 2.90. The van der Waals surface area contributed by atoms with Gasteiger partial charge in [-0.3, -0.25) is 4.79 Å². The number of rotatable bonds is 2. The minimum atomic E-state index is -0.239. The molecule has 3 heteroatoms. The maximum Gasteiger partial charge on any atom is 0.227 e. The third kappa shape index (κ3) is 2.17. The molecule has 1 aliphatic carbocycles. The molecule has 1 saturated carbocycles. The van der Waals surface area contributed by atoms with Crippen LogP contribution in [0.5, 0.6) is 0 Å². The Balaban J connectivity index is 2.03. The Bertz CT molecular complexity index is 385. The molecule has 1 N–H and O–H groups in total. The van der Waals surface area contributed by atoms with E-state index in [1.54, 1.807) is 19.1 Å². The van der Waals surface area contributed by atoms with Crippen molar-refractivity contribution in [2.75, 3.05) is 5.32 Å². The second-order valence-electron chi connectivity index (χ2n) is 4.08. The highest BCUT2D eigenvalue weighted by Gasteiger charge is 2.25. The zero-order valence-electron chi connectivity index (χ0n) is 8.72. The quantitative estimate of drug-likeness (QED) is 0.793. The number of amides is 1. The number of hydrogen-bond acceptors (Lipinski definition) is 1. The fraction of sp³-hybridized carbons (Fsp3) is 0.417. The second-order valence-corrected chi connectivity index (χ2v) is 4.08. The fourth-order valence-corrected chi connectivity index (χ4v) is 1.64. The lowest BCUT2D eigenvalue weighted by Crippen LogP contribution is -2.28. The molecule has 0 saturated heterocycles. The van der Waals surface area contributed by atoms with Gasteiger partial charge in [-0.25, -0.2) is 4.39 Å². The van der Waals surface area contributed by atoms with Gasteiger partial charge < -0.3 is 5.32 Å². The van der Waals surface area contributed by atoms with E-state index >= 15 is 0 Å². The summed E-state index contributed by atoms with van der Waals surface area (Å²) in [6, 6.07) is 4.64. The van der Waals surface area contributed by atoms with E-state index in [2.05, 4.69) is 5.32 Å².